The minimum Gasteiger partial charge on any atom is -0.508 e. The number of phenolic OH excluding ortho intramolecular Hbond substituents is 1. The topological polar surface area (TPSA) is 78.0 Å². The van der Waals surface area contributed by atoms with Crippen LogP contribution in [0.25, 0.3) is 20.7 Å². The highest BCUT2D eigenvalue weighted by Crippen LogP contribution is 2.41. The van der Waals surface area contributed by atoms with Gasteiger partial charge in [0.1, 0.15) is 16.3 Å². The minimum absolute atomic E-state index is 0.0839. The van der Waals surface area contributed by atoms with Gasteiger partial charge >= 0.3 is 0 Å². The number of aryl methyl sites for hydroxylation is 2. The molecule has 0 atom stereocenters. The molecule has 27 heavy (non-hydrogen) atoms. The van der Waals surface area contributed by atoms with Crippen molar-refractivity contribution >= 4 is 27.2 Å². The molecular formula is C21H17N3O2S. The molecule has 0 spiro atoms. The van der Waals surface area contributed by atoms with Gasteiger partial charge < -0.3 is 15.4 Å². The summed E-state index contributed by atoms with van der Waals surface area (Å²) in [7, 11) is 0. The monoisotopic (exact) mass is 375 g/mol. The van der Waals surface area contributed by atoms with Gasteiger partial charge in [0.05, 0.1) is 12.1 Å². The van der Waals surface area contributed by atoms with E-state index in [2.05, 4.69) is 28.5 Å². The van der Waals surface area contributed by atoms with Crippen molar-refractivity contribution in [3.63, 3.8) is 0 Å². The normalized spacial score (nSPS) is 12.6. The summed E-state index contributed by atoms with van der Waals surface area (Å²) in [5, 5.41) is 12.6. The van der Waals surface area contributed by atoms with Crippen LogP contribution < -0.4 is 10.9 Å². The maximum atomic E-state index is 12.6. The zero-order valence-electron chi connectivity index (χ0n) is 14.5. The molecule has 5 nitrogen and oxygen atoms in total. The lowest BCUT2D eigenvalue weighted by Gasteiger charge is -2.15. The van der Waals surface area contributed by atoms with E-state index in [1.165, 1.54) is 32.9 Å². The van der Waals surface area contributed by atoms with Crippen molar-refractivity contribution in [2.45, 2.75) is 19.4 Å². The molecule has 0 radical (unpaired) electrons. The highest BCUT2D eigenvalue weighted by Gasteiger charge is 2.23. The van der Waals surface area contributed by atoms with Crippen LogP contribution in [0.1, 0.15) is 17.0 Å². The van der Waals surface area contributed by atoms with Gasteiger partial charge in [-0.3, -0.25) is 4.79 Å². The molecule has 1 aliphatic carbocycles. The van der Waals surface area contributed by atoms with Crippen LogP contribution in [0.2, 0.25) is 0 Å². The number of fused-ring (bicyclic) bond motifs is 5. The van der Waals surface area contributed by atoms with Crippen LogP contribution in [0.4, 0.5) is 5.69 Å². The molecule has 2 heterocycles. The summed E-state index contributed by atoms with van der Waals surface area (Å²) < 4.78 is 0.699. The molecule has 0 amide bonds. The largest absolute Gasteiger partial charge is 0.508 e. The highest BCUT2D eigenvalue weighted by atomic mass is 32.1. The summed E-state index contributed by atoms with van der Waals surface area (Å²) in [4.78, 5) is 21.5. The van der Waals surface area contributed by atoms with Gasteiger partial charge in [-0.15, -0.1) is 11.3 Å². The van der Waals surface area contributed by atoms with E-state index in [1.54, 1.807) is 24.3 Å². The van der Waals surface area contributed by atoms with Gasteiger partial charge in [-0.2, -0.15) is 0 Å². The molecule has 0 fully saturated rings. The first-order valence-corrected chi connectivity index (χ1v) is 9.66. The van der Waals surface area contributed by atoms with E-state index in [-0.39, 0.29) is 11.3 Å². The van der Waals surface area contributed by atoms with Gasteiger partial charge in [-0.05, 0) is 53.8 Å². The summed E-state index contributed by atoms with van der Waals surface area (Å²) in [6, 6.07) is 15.2. The quantitative estimate of drug-likeness (QED) is 0.472. The third kappa shape index (κ3) is 2.78. The SMILES string of the molecule is O=c1[nH]c(CNc2ccc(O)cc2)nc2c3c(sc12)-c1ccccc1CC3. The Morgan fingerprint density at radius 1 is 1.11 bits per heavy atom. The molecular weight excluding hydrogens is 358 g/mol. The summed E-state index contributed by atoms with van der Waals surface area (Å²) in [5.74, 6) is 0.832. The Morgan fingerprint density at radius 2 is 1.93 bits per heavy atom. The molecule has 4 aromatic rings. The summed E-state index contributed by atoms with van der Waals surface area (Å²) in [5.41, 5.74) is 5.35. The van der Waals surface area contributed by atoms with Gasteiger partial charge in [0, 0.05) is 10.6 Å². The number of aromatic hydroxyl groups is 1. The van der Waals surface area contributed by atoms with Crippen LogP contribution in [0.3, 0.4) is 0 Å². The van der Waals surface area contributed by atoms with E-state index >= 15 is 0 Å². The first-order valence-electron chi connectivity index (χ1n) is 8.85. The second kappa shape index (κ2) is 6.25. The molecule has 0 bridgehead atoms. The van der Waals surface area contributed by atoms with E-state index in [9.17, 15) is 9.90 Å². The third-order valence-electron chi connectivity index (χ3n) is 4.92. The molecule has 1 aliphatic rings. The maximum Gasteiger partial charge on any atom is 0.268 e. The lowest BCUT2D eigenvalue weighted by molar-refractivity contribution is 0.475. The lowest BCUT2D eigenvalue weighted by Crippen LogP contribution is -2.14. The third-order valence-corrected chi connectivity index (χ3v) is 6.18. The van der Waals surface area contributed by atoms with Crippen molar-refractivity contribution in [3.8, 4) is 16.2 Å². The number of anilines is 1. The molecule has 134 valence electrons. The van der Waals surface area contributed by atoms with Crippen molar-refractivity contribution in [1.29, 1.82) is 0 Å². The van der Waals surface area contributed by atoms with Crippen molar-refractivity contribution in [2.24, 2.45) is 0 Å². The number of phenols is 1. The van der Waals surface area contributed by atoms with Gasteiger partial charge in [0.2, 0.25) is 0 Å². The number of aromatic amines is 1. The first-order chi connectivity index (χ1) is 13.2. The van der Waals surface area contributed by atoms with Crippen molar-refractivity contribution in [1.82, 2.24) is 9.97 Å². The Hall–Kier alpha value is -3.12. The molecule has 0 saturated carbocycles. The summed E-state index contributed by atoms with van der Waals surface area (Å²) in [6.07, 6.45) is 1.89. The van der Waals surface area contributed by atoms with E-state index in [0.717, 1.165) is 24.0 Å². The highest BCUT2D eigenvalue weighted by molar-refractivity contribution is 7.22. The Balaban J connectivity index is 1.54. The van der Waals surface area contributed by atoms with Crippen molar-refractivity contribution in [3.05, 3.63) is 75.8 Å². The molecule has 2 aromatic carbocycles. The van der Waals surface area contributed by atoms with Gasteiger partial charge in [0.15, 0.2) is 0 Å². The molecule has 6 heteroatoms. The van der Waals surface area contributed by atoms with Gasteiger partial charge in [0.25, 0.3) is 5.56 Å². The minimum atomic E-state index is -0.0839. The van der Waals surface area contributed by atoms with Crippen LogP contribution in [-0.2, 0) is 19.4 Å². The second-order valence-corrected chi connectivity index (χ2v) is 7.68. The van der Waals surface area contributed by atoms with E-state index in [4.69, 9.17) is 4.98 Å². The molecule has 0 saturated heterocycles. The van der Waals surface area contributed by atoms with Gasteiger partial charge in [-0.25, -0.2) is 4.98 Å². The van der Waals surface area contributed by atoms with Crippen LogP contribution in [0.15, 0.2) is 53.3 Å². The zero-order valence-corrected chi connectivity index (χ0v) is 15.3. The fraction of sp³-hybridized carbons (Fsp3) is 0.143. The predicted octanol–water partition coefficient (Wildman–Crippen LogP) is 4.07. The smallest absolute Gasteiger partial charge is 0.268 e. The number of nitrogens with zero attached hydrogens (tertiary/aromatic N) is 1. The van der Waals surface area contributed by atoms with E-state index < -0.39 is 0 Å². The van der Waals surface area contributed by atoms with Crippen LogP contribution in [0.5, 0.6) is 5.75 Å². The number of hydrogen-bond acceptors (Lipinski definition) is 5. The van der Waals surface area contributed by atoms with Crippen LogP contribution in [-0.4, -0.2) is 15.1 Å². The number of nitrogens with one attached hydrogen (secondary N) is 2. The average molecular weight is 375 g/mol. The Morgan fingerprint density at radius 3 is 2.78 bits per heavy atom. The number of hydrogen-bond donors (Lipinski definition) is 3. The first kappa shape index (κ1) is 16.1. The standard InChI is InChI=1S/C21H17N3O2S/c25-14-8-6-13(7-9-14)22-11-17-23-18-16-10-5-12-3-1-2-4-15(12)19(16)27-20(18)21(26)24-17/h1-4,6-9,22,25H,5,10-11H2,(H,23,24,26). The van der Waals surface area contributed by atoms with Crippen molar-refractivity contribution < 1.29 is 5.11 Å². The molecule has 0 unspecified atom stereocenters. The molecule has 5 rings (SSSR count). The fourth-order valence-electron chi connectivity index (χ4n) is 3.60. The van der Waals surface area contributed by atoms with E-state index in [0.29, 0.717) is 17.1 Å². The summed E-state index contributed by atoms with van der Waals surface area (Å²) in [6.45, 7) is 0.414. The predicted molar refractivity (Wildman–Crippen MR) is 109 cm³/mol. The van der Waals surface area contributed by atoms with Crippen LogP contribution >= 0.6 is 11.3 Å². The molecule has 2 aromatic heterocycles. The summed E-state index contributed by atoms with van der Waals surface area (Å²) >= 11 is 1.54. The number of rotatable bonds is 3. The maximum absolute atomic E-state index is 12.6. The number of H-pyrrole nitrogens is 1. The van der Waals surface area contributed by atoms with Gasteiger partial charge in [-0.1, -0.05) is 24.3 Å². The van der Waals surface area contributed by atoms with Crippen molar-refractivity contribution in [2.75, 3.05) is 5.32 Å². The number of thiophene rings is 1. The Labute approximate surface area is 159 Å². The zero-order chi connectivity index (χ0) is 18.4. The van der Waals surface area contributed by atoms with Crippen LogP contribution in [0, 0.1) is 0 Å². The Kier molecular flexibility index (Phi) is 3.72. The lowest BCUT2D eigenvalue weighted by atomic mass is 9.91. The van der Waals surface area contributed by atoms with E-state index in [1.807, 2.05) is 6.07 Å². The fourth-order valence-corrected chi connectivity index (χ4v) is 4.84. The second-order valence-electron chi connectivity index (χ2n) is 6.66. The molecule has 3 N–H and O–H groups in total. The number of aromatic nitrogens is 2. The molecule has 0 aliphatic heterocycles. The Bertz CT molecular complexity index is 1210. The number of benzene rings is 2. The average Bonchev–Trinajstić information content (AvgIpc) is 3.07.